The first-order valence-electron chi connectivity index (χ1n) is 10.6. The van der Waals surface area contributed by atoms with Gasteiger partial charge in [-0.15, -0.1) is 0 Å². The van der Waals surface area contributed by atoms with Gasteiger partial charge in [-0.1, -0.05) is 91.0 Å². The molecule has 0 atom stereocenters. The Bertz CT molecular complexity index is 1260. The molecule has 0 aliphatic rings. The van der Waals surface area contributed by atoms with Crippen LogP contribution in [0.2, 0.25) is 0 Å². The molecule has 4 N–H and O–H groups in total. The zero-order valence-electron chi connectivity index (χ0n) is 18.2. The van der Waals surface area contributed by atoms with E-state index in [0.717, 1.165) is 5.56 Å². The van der Waals surface area contributed by atoms with E-state index in [4.69, 9.17) is 5.73 Å². The Morgan fingerprint density at radius 3 is 2.00 bits per heavy atom. The molecule has 0 saturated carbocycles. The van der Waals surface area contributed by atoms with E-state index in [-0.39, 0.29) is 6.54 Å². The van der Waals surface area contributed by atoms with E-state index in [2.05, 4.69) is 15.6 Å². The number of nitrogens with zero attached hydrogens (tertiary/aromatic N) is 3. The standard InChI is InChI=1S/C26H23N5O3/c27-23(32)18-31-17-20(24(30-31)19-10-4-1-5-11-19)16-28-29-25(33)26(34,21-12-6-2-7-13-21)22-14-8-3-9-15-22/h1-17,34H,18H2,(H2,27,32)(H,29,33). The fraction of sp³-hybridized carbons (Fsp3) is 0.0769. The summed E-state index contributed by atoms with van der Waals surface area (Å²) in [7, 11) is 0. The van der Waals surface area contributed by atoms with Crippen LogP contribution in [0.15, 0.2) is 102 Å². The van der Waals surface area contributed by atoms with Crippen LogP contribution in [0.3, 0.4) is 0 Å². The third kappa shape index (κ3) is 4.77. The molecule has 1 heterocycles. The van der Waals surface area contributed by atoms with Gasteiger partial charge in [-0.2, -0.15) is 10.2 Å². The van der Waals surface area contributed by atoms with Crippen LogP contribution in [0.4, 0.5) is 0 Å². The molecule has 2 amide bonds. The van der Waals surface area contributed by atoms with Crippen molar-refractivity contribution in [2.24, 2.45) is 10.8 Å². The van der Waals surface area contributed by atoms with E-state index >= 15 is 0 Å². The van der Waals surface area contributed by atoms with Crippen LogP contribution >= 0.6 is 0 Å². The highest BCUT2D eigenvalue weighted by atomic mass is 16.3. The van der Waals surface area contributed by atoms with Crippen LogP contribution in [0, 0.1) is 0 Å². The number of carbonyl (C=O) groups is 2. The number of amides is 2. The van der Waals surface area contributed by atoms with Crippen molar-refractivity contribution in [3.05, 3.63) is 114 Å². The smallest absolute Gasteiger partial charge is 0.281 e. The fourth-order valence-corrected chi connectivity index (χ4v) is 3.62. The van der Waals surface area contributed by atoms with Crippen molar-refractivity contribution in [2.75, 3.05) is 0 Å². The van der Waals surface area contributed by atoms with Gasteiger partial charge in [0.05, 0.1) is 6.21 Å². The lowest BCUT2D eigenvalue weighted by Crippen LogP contribution is -2.43. The van der Waals surface area contributed by atoms with Gasteiger partial charge in [0.2, 0.25) is 5.91 Å². The Kier molecular flexibility index (Phi) is 6.61. The Balaban J connectivity index is 1.64. The first kappa shape index (κ1) is 22.6. The van der Waals surface area contributed by atoms with Gasteiger partial charge in [0.1, 0.15) is 12.2 Å². The normalized spacial score (nSPS) is 11.4. The molecule has 0 spiro atoms. The average molecular weight is 454 g/mol. The lowest BCUT2D eigenvalue weighted by Gasteiger charge is -2.27. The Morgan fingerprint density at radius 1 is 0.941 bits per heavy atom. The molecule has 4 rings (SSSR count). The van der Waals surface area contributed by atoms with E-state index < -0.39 is 17.4 Å². The predicted octanol–water partition coefficient (Wildman–Crippen LogP) is 2.42. The molecule has 0 radical (unpaired) electrons. The average Bonchev–Trinajstić information content (AvgIpc) is 3.26. The molecular weight excluding hydrogens is 430 g/mol. The van der Waals surface area contributed by atoms with Crippen molar-refractivity contribution in [1.29, 1.82) is 0 Å². The first-order chi connectivity index (χ1) is 16.5. The number of hydrogen-bond donors (Lipinski definition) is 3. The van der Waals surface area contributed by atoms with Gasteiger partial charge in [0.25, 0.3) is 5.91 Å². The molecule has 0 unspecified atom stereocenters. The minimum absolute atomic E-state index is 0.0954. The molecular formula is C26H23N5O3. The molecule has 0 aliphatic heterocycles. The molecule has 4 aromatic rings. The maximum Gasteiger partial charge on any atom is 0.281 e. The van der Waals surface area contributed by atoms with Crippen LogP contribution in [0.1, 0.15) is 16.7 Å². The van der Waals surface area contributed by atoms with Crippen LogP contribution in [-0.2, 0) is 21.7 Å². The summed E-state index contributed by atoms with van der Waals surface area (Å²) in [5.41, 5.74) is 8.57. The van der Waals surface area contributed by atoms with Crippen LogP contribution in [0.5, 0.6) is 0 Å². The summed E-state index contributed by atoms with van der Waals surface area (Å²) < 4.78 is 1.41. The van der Waals surface area contributed by atoms with Crippen molar-refractivity contribution in [3.63, 3.8) is 0 Å². The Hall–Kier alpha value is -4.56. The summed E-state index contributed by atoms with van der Waals surface area (Å²) in [6.45, 7) is -0.0954. The number of nitrogens with one attached hydrogen (secondary N) is 1. The zero-order valence-corrected chi connectivity index (χ0v) is 18.2. The van der Waals surface area contributed by atoms with E-state index in [1.54, 1.807) is 66.9 Å². The van der Waals surface area contributed by atoms with E-state index in [9.17, 15) is 14.7 Å². The van der Waals surface area contributed by atoms with Gasteiger partial charge in [0, 0.05) is 17.3 Å². The zero-order chi connectivity index (χ0) is 24.0. The summed E-state index contributed by atoms with van der Waals surface area (Å²) in [5.74, 6) is -1.25. The molecule has 3 aromatic carbocycles. The lowest BCUT2D eigenvalue weighted by atomic mass is 9.85. The number of aliphatic hydroxyl groups is 1. The van der Waals surface area contributed by atoms with Crippen LogP contribution in [-0.4, -0.2) is 32.9 Å². The number of carbonyl (C=O) groups excluding carboxylic acids is 2. The summed E-state index contributed by atoms with van der Waals surface area (Å²) >= 11 is 0. The van der Waals surface area contributed by atoms with Gasteiger partial charge in [0.15, 0.2) is 5.60 Å². The number of primary amides is 1. The van der Waals surface area contributed by atoms with Crippen molar-refractivity contribution in [3.8, 4) is 11.3 Å². The maximum atomic E-state index is 13.2. The van der Waals surface area contributed by atoms with Crippen molar-refractivity contribution < 1.29 is 14.7 Å². The summed E-state index contributed by atoms with van der Waals surface area (Å²) in [5, 5.41) is 20.0. The number of aromatic nitrogens is 2. The molecule has 8 nitrogen and oxygen atoms in total. The fourth-order valence-electron chi connectivity index (χ4n) is 3.62. The second-order valence-corrected chi connectivity index (χ2v) is 7.60. The van der Waals surface area contributed by atoms with E-state index in [1.807, 2.05) is 30.3 Å². The largest absolute Gasteiger partial charge is 0.372 e. The first-order valence-corrected chi connectivity index (χ1v) is 10.6. The second-order valence-electron chi connectivity index (χ2n) is 7.60. The van der Waals surface area contributed by atoms with Gasteiger partial charge >= 0.3 is 0 Å². The molecule has 34 heavy (non-hydrogen) atoms. The SMILES string of the molecule is NC(=O)Cn1cc(C=NNC(=O)C(O)(c2ccccc2)c2ccccc2)c(-c2ccccc2)n1. The number of nitrogens with two attached hydrogens (primary N) is 1. The number of hydrazone groups is 1. The molecule has 8 heteroatoms. The predicted molar refractivity (Wildman–Crippen MR) is 128 cm³/mol. The van der Waals surface area contributed by atoms with Crippen molar-refractivity contribution >= 4 is 18.0 Å². The summed E-state index contributed by atoms with van der Waals surface area (Å²) in [6, 6.07) is 26.7. The monoisotopic (exact) mass is 453 g/mol. The second kappa shape index (κ2) is 9.93. The van der Waals surface area contributed by atoms with Gasteiger partial charge in [-0.25, -0.2) is 5.43 Å². The lowest BCUT2D eigenvalue weighted by molar-refractivity contribution is -0.136. The third-order valence-electron chi connectivity index (χ3n) is 5.24. The van der Waals surface area contributed by atoms with Crippen molar-refractivity contribution in [1.82, 2.24) is 15.2 Å². The van der Waals surface area contributed by atoms with Crippen molar-refractivity contribution in [2.45, 2.75) is 12.1 Å². The summed E-state index contributed by atoms with van der Waals surface area (Å²) in [4.78, 5) is 24.6. The van der Waals surface area contributed by atoms with Gasteiger partial charge < -0.3 is 10.8 Å². The maximum absolute atomic E-state index is 13.2. The topological polar surface area (TPSA) is 123 Å². The van der Waals surface area contributed by atoms with E-state index in [0.29, 0.717) is 22.4 Å². The number of hydrogen-bond acceptors (Lipinski definition) is 5. The number of benzene rings is 3. The third-order valence-corrected chi connectivity index (χ3v) is 5.24. The Labute approximate surface area is 196 Å². The molecule has 0 bridgehead atoms. The highest BCUT2D eigenvalue weighted by Crippen LogP contribution is 2.30. The minimum Gasteiger partial charge on any atom is -0.372 e. The molecule has 0 fully saturated rings. The highest BCUT2D eigenvalue weighted by Gasteiger charge is 2.39. The summed E-state index contributed by atoms with van der Waals surface area (Å²) in [6.07, 6.45) is 3.03. The van der Waals surface area contributed by atoms with Crippen LogP contribution in [0.25, 0.3) is 11.3 Å². The van der Waals surface area contributed by atoms with E-state index in [1.165, 1.54) is 10.9 Å². The molecule has 1 aromatic heterocycles. The minimum atomic E-state index is -1.95. The Morgan fingerprint density at radius 2 is 1.47 bits per heavy atom. The van der Waals surface area contributed by atoms with Gasteiger partial charge in [-0.3, -0.25) is 14.3 Å². The van der Waals surface area contributed by atoms with Gasteiger partial charge in [-0.05, 0) is 11.1 Å². The molecule has 0 aliphatic carbocycles. The molecule has 0 saturated heterocycles. The number of rotatable bonds is 8. The van der Waals surface area contributed by atoms with Crippen LogP contribution < -0.4 is 11.2 Å². The molecule has 170 valence electrons. The highest BCUT2D eigenvalue weighted by molar-refractivity contribution is 5.93. The quantitative estimate of drug-likeness (QED) is 0.280.